The van der Waals surface area contributed by atoms with Crippen LogP contribution in [0.1, 0.15) is 22.3 Å². The Bertz CT molecular complexity index is 628. The number of rotatable bonds is 5. The molecule has 0 aliphatic carbocycles. The van der Waals surface area contributed by atoms with Crippen LogP contribution in [-0.2, 0) is 21.3 Å². The third kappa shape index (κ3) is 3.62. The molecule has 0 spiro atoms. The van der Waals surface area contributed by atoms with E-state index < -0.39 is 16.8 Å². The van der Waals surface area contributed by atoms with E-state index in [1.54, 1.807) is 31.2 Å². The predicted octanol–water partition coefficient (Wildman–Crippen LogP) is 2.68. The zero-order valence-electron chi connectivity index (χ0n) is 10.5. The fourth-order valence-corrected chi connectivity index (χ4v) is 3.30. The lowest BCUT2D eigenvalue weighted by molar-refractivity contribution is 0.0531. The van der Waals surface area contributed by atoms with Gasteiger partial charge < -0.3 is 4.74 Å². The summed E-state index contributed by atoms with van der Waals surface area (Å²) in [5.74, 6) is -0.364. The number of aromatic nitrogens is 2. The molecule has 1 heterocycles. The smallest absolute Gasteiger partial charge is 0.351 e. The standard InChI is InChI=1S/C12H11ClN2O3S2/c1-2-18-12(16)11-10(14-15-19-11)7-20(17)9-5-3-8(13)4-6-9/h3-6H,2,7H2,1H3. The van der Waals surface area contributed by atoms with Gasteiger partial charge in [-0.1, -0.05) is 16.1 Å². The summed E-state index contributed by atoms with van der Waals surface area (Å²) in [6.07, 6.45) is 0. The normalized spacial score (nSPS) is 12.1. The zero-order valence-corrected chi connectivity index (χ0v) is 12.9. The van der Waals surface area contributed by atoms with Gasteiger partial charge in [-0.05, 0) is 42.7 Å². The maximum absolute atomic E-state index is 12.2. The average molecular weight is 331 g/mol. The van der Waals surface area contributed by atoms with Crippen molar-refractivity contribution in [1.82, 2.24) is 9.59 Å². The Hall–Kier alpha value is -1.31. The predicted molar refractivity (Wildman–Crippen MR) is 77.4 cm³/mol. The van der Waals surface area contributed by atoms with Gasteiger partial charge in [-0.3, -0.25) is 4.21 Å². The Kier molecular flexibility index (Phi) is 5.22. The lowest BCUT2D eigenvalue weighted by Crippen LogP contribution is -2.07. The SMILES string of the molecule is CCOC(=O)c1snnc1CS(=O)c1ccc(Cl)cc1. The Morgan fingerprint density at radius 2 is 2.10 bits per heavy atom. The van der Waals surface area contributed by atoms with Crippen molar-refractivity contribution in [2.45, 2.75) is 17.6 Å². The van der Waals surface area contributed by atoms with Crippen LogP contribution in [0.5, 0.6) is 0 Å². The molecule has 1 aromatic heterocycles. The summed E-state index contributed by atoms with van der Waals surface area (Å²) in [5, 5.41) is 4.43. The van der Waals surface area contributed by atoms with Gasteiger partial charge in [-0.2, -0.15) is 0 Å². The first kappa shape index (κ1) is 15.1. The highest BCUT2D eigenvalue weighted by Gasteiger charge is 2.19. The molecule has 0 radical (unpaired) electrons. The summed E-state index contributed by atoms with van der Waals surface area (Å²) in [4.78, 5) is 12.6. The first-order chi connectivity index (χ1) is 9.61. The fourth-order valence-electron chi connectivity index (χ4n) is 1.45. The van der Waals surface area contributed by atoms with Crippen molar-refractivity contribution < 1.29 is 13.7 Å². The summed E-state index contributed by atoms with van der Waals surface area (Å²) < 4.78 is 20.8. The van der Waals surface area contributed by atoms with E-state index in [9.17, 15) is 9.00 Å². The van der Waals surface area contributed by atoms with Crippen molar-refractivity contribution in [3.8, 4) is 0 Å². The van der Waals surface area contributed by atoms with E-state index in [1.165, 1.54) is 0 Å². The monoisotopic (exact) mass is 330 g/mol. The Labute approximate surface area is 127 Å². The minimum atomic E-state index is -1.31. The fraction of sp³-hybridized carbons (Fsp3) is 0.250. The van der Waals surface area contributed by atoms with Gasteiger partial charge in [0.25, 0.3) is 0 Å². The second kappa shape index (κ2) is 6.92. The Balaban J connectivity index is 2.14. The van der Waals surface area contributed by atoms with Gasteiger partial charge in [-0.15, -0.1) is 5.10 Å². The number of ether oxygens (including phenoxy) is 1. The first-order valence-corrected chi connectivity index (χ1v) is 8.21. The maximum atomic E-state index is 12.2. The number of halogens is 1. The van der Waals surface area contributed by atoms with Crippen molar-refractivity contribution >= 4 is 39.9 Å². The highest BCUT2D eigenvalue weighted by atomic mass is 35.5. The van der Waals surface area contributed by atoms with Crippen molar-refractivity contribution in [2.75, 3.05) is 6.61 Å². The van der Waals surface area contributed by atoms with Crippen molar-refractivity contribution in [1.29, 1.82) is 0 Å². The molecule has 1 aromatic carbocycles. The molecule has 0 bridgehead atoms. The largest absolute Gasteiger partial charge is 0.462 e. The van der Waals surface area contributed by atoms with Crippen LogP contribution in [0.2, 0.25) is 5.02 Å². The van der Waals surface area contributed by atoms with Crippen LogP contribution in [0.25, 0.3) is 0 Å². The topological polar surface area (TPSA) is 69.2 Å². The summed E-state index contributed by atoms with van der Waals surface area (Å²) in [6, 6.07) is 6.70. The van der Waals surface area contributed by atoms with E-state index in [-0.39, 0.29) is 12.4 Å². The molecule has 1 unspecified atom stereocenters. The number of hydrogen-bond donors (Lipinski definition) is 0. The molecule has 0 saturated carbocycles. The second-order valence-corrected chi connectivity index (χ2v) is 6.35. The third-order valence-corrected chi connectivity index (χ3v) is 4.69. The van der Waals surface area contributed by atoms with Crippen molar-refractivity contribution in [2.24, 2.45) is 0 Å². The van der Waals surface area contributed by atoms with Gasteiger partial charge in [0.2, 0.25) is 0 Å². The Morgan fingerprint density at radius 1 is 1.40 bits per heavy atom. The number of esters is 1. The van der Waals surface area contributed by atoms with Crippen LogP contribution in [0.4, 0.5) is 0 Å². The van der Waals surface area contributed by atoms with E-state index in [0.717, 1.165) is 11.5 Å². The number of benzene rings is 1. The van der Waals surface area contributed by atoms with Gasteiger partial charge in [0.05, 0.1) is 23.2 Å². The second-order valence-electron chi connectivity index (χ2n) is 3.71. The third-order valence-electron chi connectivity index (χ3n) is 2.36. The average Bonchev–Trinajstić information content (AvgIpc) is 2.88. The van der Waals surface area contributed by atoms with Gasteiger partial charge >= 0.3 is 5.97 Å². The summed E-state index contributed by atoms with van der Waals surface area (Å²) in [7, 11) is -1.31. The van der Waals surface area contributed by atoms with E-state index >= 15 is 0 Å². The maximum Gasteiger partial charge on any atom is 0.351 e. The molecule has 0 N–H and O–H groups in total. The van der Waals surface area contributed by atoms with Crippen LogP contribution < -0.4 is 0 Å². The molecule has 106 valence electrons. The van der Waals surface area contributed by atoms with Crippen LogP contribution in [0.3, 0.4) is 0 Å². The lowest BCUT2D eigenvalue weighted by atomic mass is 10.4. The van der Waals surface area contributed by atoms with Gasteiger partial charge in [0.15, 0.2) is 4.88 Å². The molecule has 8 heteroatoms. The molecular weight excluding hydrogens is 320 g/mol. The van der Waals surface area contributed by atoms with Crippen LogP contribution in [-0.4, -0.2) is 26.4 Å². The minimum Gasteiger partial charge on any atom is -0.462 e. The lowest BCUT2D eigenvalue weighted by Gasteiger charge is -2.02. The molecular formula is C12H11ClN2O3S2. The highest BCUT2D eigenvalue weighted by molar-refractivity contribution is 7.84. The van der Waals surface area contributed by atoms with Gasteiger partial charge in [0.1, 0.15) is 5.69 Å². The summed E-state index contributed by atoms with van der Waals surface area (Å²) in [5.41, 5.74) is 0.390. The van der Waals surface area contributed by atoms with Gasteiger partial charge in [0, 0.05) is 9.92 Å². The minimum absolute atomic E-state index is 0.117. The number of hydrogen-bond acceptors (Lipinski definition) is 6. The zero-order chi connectivity index (χ0) is 14.5. The quantitative estimate of drug-likeness (QED) is 0.788. The first-order valence-electron chi connectivity index (χ1n) is 5.74. The van der Waals surface area contributed by atoms with E-state index in [4.69, 9.17) is 16.3 Å². The van der Waals surface area contributed by atoms with Crippen molar-refractivity contribution in [3.63, 3.8) is 0 Å². The summed E-state index contributed by atoms with van der Waals surface area (Å²) in [6.45, 7) is 1.99. The van der Waals surface area contributed by atoms with Crippen LogP contribution in [0.15, 0.2) is 29.2 Å². The molecule has 1 atom stereocenters. The van der Waals surface area contributed by atoms with Crippen LogP contribution >= 0.6 is 23.1 Å². The number of nitrogens with zero attached hydrogens (tertiary/aromatic N) is 2. The molecule has 0 fully saturated rings. The molecule has 0 amide bonds. The van der Waals surface area contributed by atoms with E-state index in [1.807, 2.05) is 0 Å². The molecule has 0 aliphatic rings. The van der Waals surface area contributed by atoms with E-state index in [0.29, 0.717) is 20.5 Å². The van der Waals surface area contributed by atoms with Crippen molar-refractivity contribution in [3.05, 3.63) is 39.9 Å². The Morgan fingerprint density at radius 3 is 2.75 bits per heavy atom. The number of carbonyl (C=O) groups is 1. The molecule has 20 heavy (non-hydrogen) atoms. The highest BCUT2D eigenvalue weighted by Crippen LogP contribution is 2.19. The summed E-state index contributed by atoms with van der Waals surface area (Å²) >= 11 is 6.73. The number of carbonyl (C=O) groups excluding carboxylic acids is 1. The molecule has 0 saturated heterocycles. The van der Waals surface area contributed by atoms with Crippen LogP contribution in [0, 0.1) is 0 Å². The molecule has 5 nitrogen and oxygen atoms in total. The molecule has 2 aromatic rings. The molecule has 2 rings (SSSR count). The van der Waals surface area contributed by atoms with E-state index in [2.05, 4.69) is 9.59 Å². The molecule has 0 aliphatic heterocycles. The van der Waals surface area contributed by atoms with Gasteiger partial charge in [-0.25, -0.2) is 4.79 Å².